The molecule has 0 saturated heterocycles. The molecule has 0 saturated carbocycles. The van der Waals surface area contributed by atoms with E-state index in [2.05, 4.69) is 12.1 Å². The smallest absolute Gasteiger partial charge is 0.130 e. The Morgan fingerprint density at radius 1 is 0.929 bits per heavy atom. The number of rotatable bonds is 0. The van der Waals surface area contributed by atoms with E-state index >= 15 is 0 Å². The SMILES string of the molecule is C1=CC=COc2ccccc2CC=C1. The molecule has 2 rings (SSSR count). The van der Waals surface area contributed by atoms with E-state index in [0.29, 0.717) is 0 Å². The zero-order valence-electron chi connectivity index (χ0n) is 7.89. The molecule has 0 atom stereocenters. The Hall–Kier alpha value is -1.76. The maximum Gasteiger partial charge on any atom is 0.130 e. The van der Waals surface area contributed by atoms with Crippen LogP contribution in [0.3, 0.4) is 0 Å². The van der Waals surface area contributed by atoms with Crippen molar-refractivity contribution in [3.8, 4) is 5.75 Å². The Morgan fingerprint density at radius 3 is 2.79 bits per heavy atom. The second-order valence-corrected chi connectivity index (χ2v) is 3.07. The van der Waals surface area contributed by atoms with Crippen LogP contribution in [-0.4, -0.2) is 0 Å². The minimum absolute atomic E-state index is 0.911. The molecule has 0 N–H and O–H groups in total. The monoisotopic (exact) mass is 184 g/mol. The average molecular weight is 184 g/mol. The molecule has 0 radical (unpaired) electrons. The summed E-state index contributed by atoms with van der Waals surface area (Å²) < 4.78 is 5.50. The van der Waals surface area contributed by atoms with Gasteiger partial charge in [-0.15, -0.1) is 0 Å². The molecule has 14 heavy (non-hydrogen) atoms. The fourth-order valence-corrected chi connectivity index (χ4v) is 1.35. The van der Waals surface area contributed by atoms with Crippen molar-refractivity contribution < 1.29 is 4.74 Å². The molecule has 0 aromatic heterocycles. The van der Waals surface area contributed by atoms with Crippen LogP contribution in [0.4, 0.5) is 0 Å². The van der Waals surface area contributed by atoms with Crippen molar-refractivity contribution in [2.45, 2.75) is 6.42 Å². The minimum atomic E-state index is 0.911. The van der Waals surface area contributed by atoms with Crippen LogP contribution < -0.4 is 4.74 Å². The van der Waals surface area contributed by atoms with Gasteiger partial charge in [0, 0.05) is 0 Å². The van der Waals surface area contributed by atoms with Gasteiger partial charge >= 0.3 is 0 Å². The van der Waals surface area contributed by atoms with E-state index in [4.69, 9.17) is 4.74 Å². The number of hydrogen-bond donors (Lipinski definition) is 0. The second-order valence-electron chi connectivity index (χ2n) is 3.07. The van der Waals surface area contributed by atoms with Crippen LogP contribution >= 0.6 is 0 Å². The Morgan fingerprint density at radius 2 is 1.79 bits per heavy atom. The van der Waals surface area contributed by atoms with Gasteiger partial charge in [-0.1, -0.05) is 42.5 Å². The van der Waals surface area contributed by atoms with E-state index in [0.717, 1.165) is 12.2 Å². The van der Waals surface area contributed by atoms with Gasteiger partial charge in [0.1, 0.15) is 5.75 Å². The van der Waals surface area contributed by atoms with E-state index in [-0.39, 0.29) is 0 Å². The van der Waals surface area contributed by atoms with E-state index in [1.54, 1.807) is 6.26 Å². The number of para-hydroxylation sites is 1. The van der Waals surface area contributed by atoms with Crippen LogP contribution in [0.1, 0.15) is 5.56 Å². The quantitative estimate of drug-likeness (QED) is 0.601. The maximum absolute atomic E-state index is 5.50. The molecular formula is C13H12O. The maximum atomic E-state index is 5.50. The molecule has 1 nitrogen and oxygen atoms in total. The molecule has 0 bridgehead atoms. The molecular weight excluding hydrogens is 172 g/mol. The molecule has 70 valence electrons. The summed E-state index contributed by atoms with van der Waals surface area (Å²) in [6, 6.07) is 8.08. The van der Waals surface area contributed by atoms with Crippen molar-refractivity contribution in [3.63, 3.8) is 0 Å². The average Bonchev–Trinajstić information content (AvgIpc) is 2.25. The zero-order valence-corrected chi connectivity index (χ0v) is 7.89. The first-order valence-electron chi connectivity index (χ1n) is 4.70. The van der Waals surface area contributed by atoms with Crippen LogP contribution in [-0.2, 0) is 6.42 Å². The van der Waals surface area contributed by atoms with Crippen LogP contribution in [0.15, 0.2) is 60.9 Å². The van der Waals surface area contributed by atoms with Crippen LogP contribution in [0, 0.1) is 0 Å². The Bertz CT molecular complexity index is 349. The first-order valence-corrected chi connectivity index (χ1v) is 4.70. The van der Waals surface area contributed by atoms with Gasteiger partial charge in [-0.3, -0.25) is 0 Å². The summed E-state index contributed by atoms with van der Waals surface area (Å²) in [5.74, 6) is 0.934. The van der Waals surface area contributed by atoms with Crippen molar-refractivity contribution in [2.24, 2.45) is 0 Å². The third-order valence-electron chi connectivity index (χ3n) is 2.05. The zero-order chi connectivity index (χ0) is 9.64. The van der Waals surface area contributed by atoms with E-state index < -0.39 is 0 Å². The lowest BCUT2D eigenvalue weighted by molar-refractivity contribution is 0.476. The Balaban J connectivity index is 2.32. The van der Waals surface area contributed by atoms with Crippen molar-refractivity contribution >= 4 is 0 Å². The molecule has 1 aliphatic heterocycles. The highest BCUT2D eigenvalue weighted by atomic mass is 16.5. The van der Waals surface area contributed by atoms with E-state index in [9.17, 15) is 0 Å². The number of fused-ring (bicyclic) bond motifs is 1. The molecule has 1 aromatic rings. The standard InChI is InChI=1S/C13H12O/c1-2-4-8-12-9-5-6-10-13(12)14-11-7-3-1/h1-7,9-11H,8H2. The highest BCUT2D eigenvalue weighted by Gasteiger charge is 1.99. The van der Waals surface area contributed by atoms with Gasteiger partial charge in [0.15, 0.2) is 0 Å². The second kappa shape index (κ2) is 4.47. The van der Waals surface area contributed by atoms with Gasteiger partial charge in [0.2, 0.25) is 0 Å². The summed E-state index contributed by atoms with van der Waals surface area (Å²) in [7, 11) is 0. The minimum Gasteiger partial charge on any atom is -0.465 e. The predicted molar refractivity (Wildman–Crippen MR) is 58.2 cm³/mol. The molecule has 0 spiro atoms. The summed E-state index contributed by atoms with van der Waals surface area (Å²) in [6.45, 7) is 0. The molecule has 0 fully saturated rings. The molecule has 1 heterocycles. The van der Waals surface area contributed by atoms with Crippen LogP contribution in [0.25, 0.3) is 0 Å². The van der Waals surface area contributed by atoms with Crippen molar-refractivity contribution in [1.29, 1.82) is 0 Å². The van der Waals surface area contributed by atoms with Crippen molar-refractivity contribution in [1.82, 2.24) is 0 Å². The summed E-state index contributed by atoms with van der Waals surface area (Å²) >= 11 is 0. The predicted octanol–water partition coefficient (Wildman–Crippen LogP) is 3.25. The lowest BCUT2D eigenvalue weighted by Gasteiger charge is -2.06. The number of benzene rings is 1. The summed E-state index contributed by atoms with van der Waals surface area (Å²) in [5.41, 5.74) is 1.21. The van der Waals surface area contributed by atoms with Crippen molar-refractivity contribution in [2.75, 3.05) is 0 Å². The van der Waals surface area contributed by atoms with E-state index in [1.165, 1.54) is 5.56 Å². The van der Waals surface area contributed by atoms with Gasteiger partial charge in [-0.2, -0.15) is 0 Å². The molecule has 0 unspecified atom stereocenters. The Labute approximate surface area is 84.0 Å². The lowest BCUT2D eigenvalue weighted by Crippen LogP contribution is -1.89. The highest BCUT2D eigenvalue weighted by Crippen LogP contribution is 2.19. The van der Waals surface area contributed by atoms with Crippen molar-refractivity contribution in [3.05, 3.63) is 66.5 Å². The fraction of sp³-hybridized carbons (Fsp3) is 0.0769. The third-order valence-corrected chi connectivity index (χ3v) is 2.05. The van der Waals surface area contributed by atoms with Gasteiger partial charge < -0.3 is 4.74 Å². The van der Waals surface area contributed by atoms with E-state index in [1.807, 2.05) is 42.5 Å². The lowest BCUT2D eigenvalue weighted by atomic mass is 10.1. The molecule has 1 aromatic carbocycles. The molecule has 0 amide bonds. The molecule has 1 heteroatoms. The first-order chi connectivity index (χ1) is 6.97. The Kier molecular flexibility index (Phi) is 2.82. The van der Waals surface area contributed by atoms with Gasteiger partial charge in [0.25, 0.3) is 0 Å². The number of allylic oxidation sites excluding steroid dienone is 5. The molecule has 0 aliphatic carbocycles. The largest absolute Gasteiger partial charge is 0.465 e. The summed E-state index contributed by atoms with van der Waals surface area (Å²) in [6.07, 6.45) is 12.6. The number of ether oxygens (including phenoxy) is 1. The number of hydrogen-bond acceptors (Lipinski definition) is 1. The summed E-state index contributed by atoms with van der Waals surface area (Å²) in [5, 5.41) is 0. The van der Waals surface area contributed by atoms with Gasteiger partial charge in [-0.25, -0.2) is 0 Å². The highest BCUT2D eigenvalue weighted by molar-refractivity contribution is 5.36. The first kappa shape index (κ1) is 8.82. The topological polar surface area (TPSA) is 9.23 Å². The van der Waals surface area contributed by atoms with Gasteiger partial charge in [-0.05, 0) is 24.1 Å². The van der Waals surface area contributed by atoms with Crippen LogP contribution in [0.5, 0.6) is 5.75 Å². The van der Waals surface area contributed by atoms with Crippen LogP contribution in [0.2, 0.25) is 0 Å². The normalized spacial score (nSPS) is 14.6. The molecule has 1 aliphatic rings. The van der Waals surface area contributed by atoms with Gasteiger partial charge in [0.05, 0.1) is 6.26 Å². The third kappa shape index (κ3) is 2.13. The summed E-state index contributed by atoms with van der Waals surface area (Å²) in [4.78, 5) is 0. The fourth-order valence-electron chi connectivity index (χ4n) is 1.35.